The van der Waals surface area contributed by atoms with E-state index in [-0.39, 0.29) is 17.4 Å². The molecule has 1 heterocycles. The first-order chi connectivity index (χ1) is 20.3. The van der Waals surface area contributed by atoms with Crippen LogP contribution >= 0.6 is 11.8 Å². The highest BCUT2D eigenvalue weighted by molar-refractivity contribution is 8.18. The third-order valence-electron chi connectivity index (χ3n) is 6.39. The fourth-order valence-corrected chi connectivity index (χ4v) is 5.25. The van der Waals surface area contributed by atoms with E-state index in [4.69, 9.17) is 9.47 Å². The average Bonchev–Trinajstić information content (AvgIpc) is 3.23. The number of methoxy groups -OCH3 is 1. The lowest BCUT2D eigenvalue weighted by Crippen LogP contribution is -2.36. The molecule has 5 rings (SSSR count). The molecule has 2 N–H and O–H groups in total. The molecule has 0 aromatic heterocycles. The third kappa shape index (κ3) is 6.61. The van der Waals surface area contributed by atoms with Crippen molar-refractivity contribution in [3.63, 3.8) is 0 Å². The Morgan fingerprint density at radius 2 is 1.67 bits per heavy atom. The topological polar surface area (TPSA) is 114 Å². The summed E-state index contributed by atoms with van der Waals surface area (Å²) in [4.78, 5) is 51.8. The van der Waals surface area contributed by atoms with Gasteiger partial charge in [0.05, 0.1) is 12.0 Å². The lowest BCUT2D eigenvalue weighted by molar-refractivity contribution is -0.127. The zero-order valence-corrected chi connectivity index (χ0v) is 23.7. The van der Waals surface area contributed by atoms with Crippen LogP contribution in [0.25, 0.3) is 16.8 Å². The molecule has 0 atom stereocenters. The molecule has 1 aliphatic rings. The summed E-state index contributed by atoms with van der Waals surface area (Å²) in [6, 6.07) is 25.5. The Balaban J connectivity index is 1.22. The van der Waals surface area contributed by atoms with Crippen LogP contribution in [0.4, 0.5) is 16.2 Å². The van der Waals surface area contributed by atoms with Crippen molar-refractivity contribution in [2.45, 2.75) is 6.92 Å². The van der Waals surface area contributed by atoms with Crippen molar-refractivity contribution in [1.29, 1.82) is 0 Å². The van der Waals surface area contributed by atoms with Gasteiger partial charge in [-0.05, 0) is 71.6 Å². The normalized spacial score (nSPS) is 13.9. The summed E-state index contributed by atoms with van der Waals surface area (Å²) >= 11 is 0.755. The minimum absolute atomic E-state index is 0.172. The predicted molar refractivity (Wildman–Crippen MR) is 164 cm³/mol. The number of hydrogen-bond acceptors (Lipinski definition) is 7. The highest BCUT2D eigenvalue weighted by Gasteiger charge is 2.36. The number of imide groups is 1. The maximum Gasteiger partial charge on any atom is 0.294 e. The molecule has 0 unspecified atom stereocenters. The molecule has 0 saturated carbocycles. The maximum absolute atomic E-state index is 13.0. The number of rotatable bonds is 9. The Hall–Kier alpha value is -5.09. The summed E-state index contributed by atoms with van der Waals surface area (Å²) < 4.78 is 11.1. The first-order valence-electron chi connectivity index (χ1n) is 13.0. The Morgan fingerprint density at radius 3 is 2.48 bits per heavy atom. The van der Waals surface area contributed by atoms with Gasteiger partial charge >= 0.3 is 0 Å². The number of hydrogen-bond donors (Lipinski definition) is 2. The van der Waals surface area contributed by atoms with Crippen LogP contribution < -0.4 is 20.1 Å². The highest BCUT2D eigenvalue weighted by Crippen LogP contribution is 2.34. The summed E-state index contributed by atoms with van der Waals surface area (Å²) in [6.07, 6.45) is 1.55. The first kappa shape index (κ1) is 28.4. The van der Waals surface area contributed by atoms with Gasteiger partial charge in [0.2, 0.25) is 5.91 Å². The lowest BCUT2D eigenvalue weighted by atomic mass is 10.1. The number of carbonyl (C=O) groups is 4. The molecule has 1 fully saturated rings. The number of thioether (sulfide) groups is 1. The Bertz CT molecular complexity index is 1730. The zero-order chi connectivity index (χ0) is 29.6. The number of amides is 4. The van der Waals surface area contributed by atoms with Crippen molar-refractivity contribution in [2.24, 2.45) is 0 Å². The van der Waals surface area contributed by atoms with Gasteiger partial charge in [0.1, 0.15) is 6.54 Å². The Labute approximate surface area is 246 Å². The molecule has 4 aromatic carbocycles. The molecule has 10 heteroatoms. The molecule has 0 aliphatic carbocycles. The SMILES string of the molecule is COc1cc(/C=C2/SC(=O)N(CC(=O)Nc3cccc4ccccc34)C2=O)ccc1OCC(=O)Nc1cccc(C)c1. The number of ether oxygens (including phenoxy) is 2. The number of aryl methyl sites for hydroxylation is 1. The molecule has 9 nitrogen and oxygen atoms in total. The van der Waals surface area contributed by atoms with E-state index in [1.165, 1.54) is 7.11 Å². The summed E-state index contributed by atoms with van der Waals surface area (Å²) in [5, 5.41) is 6.86. The van der Waals surface area contributed by atoms with Crippen LogP contribution in [0, 0.1) is 6.92 Å². The fourth-order valence-electron chi connectivity index (χ4n) is 4.41. The van der Waals surface area contributed by atoms with Crippen LogP contribution in [0.5, 0.6) is 11.5 Å². The number of benzene rings is 4. The number of carbonyl (C=O) groups excluding carboxylic acids is 4. The van der Waals surface area contributed by atoms with Crippen LogP contribution in [0.15, 0.2) is 89.8 Å². The van der Waals surface area contributed by atoms with Crippen LogP contribution in [-0.2, 0) is 14.4 Å². The summed E-state index contributed by atoms with van der Waals surface area (Å²) in [5.41, 5.74) is 2.87. The van der Waals surface area contributed by atoms with Gasteiger partial charge in [-0.15, -0.1) is 0 Å². The van der Waals surface area contributed by atoms with Gasteiger partial charge in [-0.25, -0.2) is 0 Å². The zero-order valence-electron chi connectivity index (χ0n) is 22.9. The van der Waals surface area contributed by atoms with Gasteiger partial charge in [0.15, 0.2) is 18.1 Å². The van der Waals surface area contributed by atoms with Gasteiger partial charge in [-0.3, -0.25) is 24.1 Å². The summed E-state index contributed by atoms with van der Waals surface area (Å²) in [7, 11) is 1.46. The minimum atomic E-state index is -0.565. The Morgan fingerprint density at radius 1 is 0.881 bits per heavy atom. The molecule has 212 valence electrons. The second-order valence-corrected chi connectivity index (χ2v) is 10.5. The highest BCUT2D eigenvalue weighted by atomic mass is 32.2. The van der Waals surface area contributed by atoms with Gasteiger partial charge < -0.3 is 20.1 Å². The molecule has 0 bridgehead atoms. The monoisotopic (exact) mass is 581 g/mol. The third-order valence-corrected chi connectivity index (χ3v) is 7.29. The molecule has 4 aromatic rings. The van der Waals surface area contributed by atoms with E-state index >= 15 is 0 Å². The van der Waals surface area contributed by atoms with Crippen LogP contribution in [0.3, 0.4) is 0 Å². The average molecular weight is 582 g/mol. The van der Waals surface area contributed by atoms with Crippen molar-refractivity contribution in [2.75, 3.05) is 30.9 Å². The second-order valence-electron chi connectivity index (χ2n) is 9.46. The number of nitrogens with one attached hydrogen (secondary N) is 2. The van der Waals surface area contributed by atoms with Crippen LogP contribution in [-0.4, -0.2) is 48.1 Å². The van der Waals surface area contributed by atoms with Crippen molar-refractivity contribution >= 4 is 62.9 Å². The van der Waals surface area contributed by atoms with E-state index in [9.17, 15) is 19.2 Å². The van der Waals surface area contributed by atoms with Gasteiger partial charge in [-0.2, -0.15) is 0 Å². The van der Waals surface area contributed by atoms with Gasteiger partial charge in [-0.1, -0.05) is 54.6 Å². The lowest BCUT2D eigenvalue weighted by Gasteiger charge is -2.13. The summed E-state index contributed by atoms with van der Waals surface area (Å²) in [6.45, 7) is 1.29. The van der Waals surface area contributed by atoms with Gasteiger partial charge in [0.25, 0.3) is 17.1 Å². The van der Waals surface area contributed by atoms with E-state index in [1.54, 1.807) is 36.4 Å². The number of nitrogens with zero attached hydrogens (tertiary/aromatic N) is 1. The first-order valence-corrected chi connectivity index (χ1v) is 13.8. The van der Waals surface area contributed by atoms with E-state index in [2.05, 4.69) is 10.6 Å². The standard InChI is InChI=1S/C32H27N3O6S/c1-20-7-5-10-23(15-20)33-30(37)19-41-26-14-13-21(16-27(26)40-2)17-28-31(38)35(32(39)42-28)18-29(36)34-25-12-6-9-22-8-3-4-11-24(22)25/h3-17H,18-19H2,1-2H3,(H,33,37)(H,34,36)/b28-17+. The van der Waals surface area contributed by atoms with Crippen molar-refractivity contribution in [1.82, 2.24) is 4.90 Å². The largest absolute Gasteiger partial charge is 0.493 e. The summed E-state index contributed by atoms with van der Waals surface area (Å²) in [5.74, 6) is -0.687. The number of anilines is 2. The minimum Gasteiger partial charge on any atom is -0.493 e. The van der Waals surface area contributed by atoms with Crippen LogP contribution in [0.1, 0.15) is 11.1 Å². The van der Waals surface area contributed by atoms with Crippen molar-refractivity contribution in [3.8, 4) is 11.5 Å². The Kier molecular flexibility index (Phi) is 8.54. The van der Waals surface area contributed by atoms with E-state index in [0.29, 0.717) is 28.4 Å². The molecular weight excluding hydrogens is 554 g/mol. The van der Waals surface area contributed by atoms with E-state index < -0.39 is 23.6 Å². The van der Waals surface area contributed by atoms with Crippen molar-refractivity contribution in [3.05, 3.63) is 101 Å². The van der Waals surface area contributed by atoms with E-state index in [0.717, 1.165) is 33.0 Å². The smallest absolute Gasteiger partial charge is 0.294 e. The van der Waals surface area contributed by atoms with Crippen molar-refractivity contribution < 1.29 is 28.7 Å². The van der Waals surface area contributed by atoms with Crippen LogP contribution in [0.2, 0.25) is 0 Å². The molecule has 0 spiro atoms. The molecular formula is C32H27N3O6S. The second kappa shape index (κ2) is 12.6. The maximum atomic E-state index is 13.0. The van der Waals surface area contributed by atoms with E-state index in [1.807, 2.05) is 61.5 Å². The predicted octanol–water partition coefficient (Wildman–Crippen LogP) is 5.85. The number of fused-ring (bicyclic) bond motifs is 1. The molecule has 1 saturated heterocycles. The molecule has 1 aliphatic heterocycles. The quantitative estimate of drug-likeness (QED) is 0.238. The van der Waals surface area contributed by atoms with Gasteiger partial charge in [0, 0.05) is 16.8 Å². The molecule has 4 amide bonds. The fraction of sp³-hybridized carbons (Fsp3) is 0.125. The molecule has 0 radical (unpaired) electrons. The molecule has 42 heavy (non-hydrogen) atoms.